The molecule has 3 rings (SSSR count). The average molecular weight is 409 g/mol. The van der Waals surface area contributed by atoms with E-state index in [4.69, 9.17) is 16.0 Å². The number of likely N-dealkylation sites (N-methyl/N-ethyl adjacent to an activating group) is 1. The third-order valence-corrected chi connectivity index (χ3v) is 5.43. The van der Waals surface area contributed by atoms with Crippen LogP contribution in [-0.4, -0.2) is 64.9 Å². The normalized spacial score (nSPS) is 18.0. The fourth-order valence-corrected chi connectivity index (χ4v) is 3.73. The third-order valence-electron chi connectivity index (χ3n) is 5.19. The zero-order valence-electron chi connectivity index (χ0n) is 16.3. The number of hydrogen-bond acceptors (Lipinski definition) is 5. The minimum atomic E-state index is -0.537. The molecule has 2 amide bonds. The molecule has 1 N–H and O–H groups in total. The van der Waals surface area contributed by atoms with Gasteiger partial charge in [0.15, 0.2) is 5.58 Å². The molecule has 0 bridgehead atoms. The molecule has 0 saturated carbocycles. The van der Waals surface area contributed by atoms with Crippen LogP contribution in [-0.2, 0) is 16.1 Å². The van der Waals surface area contributed by atoms with Gasteiger partial charge in [0.05, 0.1) is 5.52 Å². The molecule has 1 fully saturated rings. The molecule has 8 nitrogen and oxygen atoms in total. The second-order valence-electron chi connectivity index (χ2n) is 7.19. The van der Waals surface area contributed by atoms with Crippen molar-refractivity contribution in [3.05, 3.63) is 33.8 Å². The summed E-state index contributed by atoms with van der Waals surface area (Å²) in [7, 11) is 1.57. The van der Waals surface area contributed by atoms with E-state index in [0.29, 0.717) is 41.8 Å². The van der Waals surface area contributed by atoms with Crippen LogP contribution in [0, 0.1) is 0 Å². The highest BCUT2D eigenvalue weighted by Gasteiger charge is 2.35. The summed E-state index contributed by atoms with van der Waals surface area (Å²) in [5.74, 6) is -0.871. The lowest BCUT2D eigenvalue weighted by atomic mass is 10.1. The maximum absolute atomic E-state index is 12.9. The van der Waals surface area contributed by atoms with Gasteiger partial charge in [0.1, 0.15) is 6.04 Å². The summed E-state index contributed by atoms with van der Waals surface area (Å²) in [5.41, 5.74) is 0.980. The Bertz CT molecular complexity index is 936. The summed E-state index contributed by atoms with van der Waals surface area (Å²) in [5, 5.41) is 3.12. The number of halogens is 1. The van der Waals surface area contributed by atoms with Crippen LogP contribution in [0.1, 0.15) is 20.3 Å². The number of piperazine rings is 1. The first kappa shape index (κ1) is 20.4. The Morgan fingerprint density at radius 3 is 2.75 bits per heavy atom. The maximum Gasteiger partial charge on any atom is 0.419 e. The smallest absolute Gasteiger partial charge is 0.408 e. The SMILES string of the molecule is CNC(=O)C1CN(C(C)C)CCN1C(=O)CCn1c(=O)oc2cc(Cl)ccc21. The van der Waals surface area contributed by atoms with Crippen LogP contribution in [0.2, 0.25) is 5.02 Å². The van der Waals surface area contributed by atoms with E-state index in [9.17, 15) is 14.4 Å². The lowest BCUT2D eigenvalue weighted by Crippen LogP contribution is -2.61. The monoisotopic (exact) mass is 408 g/mol. The van der Waals surface area contributed by atoms with Gasteiger partial charge in [-0.25, -0.2) is 4.79 Å². The molecule has 1 aromatic carbocycles. The van der Waals surface area contributed by atoms with Gasteiger partial charge in [-0.3, -0.25) is 19.1 Å². The standard InChI is InChI=1S/C19H25ClN4O4/c1-12(2)22-8-9-23(15(11-22)18(26)21-3)17(25)6-7-24-14-5-4-13(20)10-16(14)28-19(24)27/h4-5,10,12,15H,6-9,11H2,1-3H3,(H,21,26). The first-order chi connectivity index (χ1) is 13.3. The van der Waals surface area contributed by atoms with E-state index in [1.165, 1.54) is 4.57 Å². The zero-order chi connectivity index (χ0) is 20.4. The topological polar surface area (TPSA) is 87.8 Å². The van der Waals surface area contributed by atoms with Crippen molar-refractivity contribution < 1.29 is 14.0 Å². The molecule has 1 unspecified atom stereocenters. The number of benzene rings is 1. The predicted molar refractivity (Wildman–Crippen MR) is 106 cm³/mol. The fourth-order valence-electron chi connectivity index (χ4n) is 3.57. The first-order valence-corrected chi connectivity index (χ1v) is 9.73. The summed E-state index contributed by atoms with van der Waals surface area (Å²) >= 11 is 5.93. The van der Waals surface area contributed by atoms with Crippen molar-refractivity contribution in [1.82, 2.24) is 19.7 Å². The quantitative estimate of drug-likeness (QED) is 0.805. The Morgan fingerprint density at radius 2 is 2.07 bits per heavy atom. The number of amides is 2. The lowest BCUT2D eigenvalue weighted by molar-refractivity contribution is -0.144. The highest BCUT2D eigenvalue weighted by molar-refractivity contribution is 6.31. The molecule has 2 aromatic rings. The van der Waals surface area contributed by atoms with E-state index >= 15 is 0 Å². The Kier molecular flexibility index (Phi) is 6.10. The van der Waals surface area contributed by atoms with Gasteiger partial charge in [0, 0.05) is 56.8 Å². The molecule has 9 heteroatoms. The Morgan fingerprint density at radius 1 is 1.32 bits per heavy atom. The van der Waals surface area contributed by atoms with Gasteiger partial charge in [0.2, 0.25) is 11.8 Å². The number of nitrogens with one attached hydrogen (secondary N) is 1. The van der Waals surface area contributed by atoms with Crippen molar-refractivity contribution in [3.8, 4) is 0 Å². The van der Waals surface area contributed by atoms with E-state index in [1.54, 1.807) is 30.1 Å². The number of hydrogen-bond donors (Lipinski definition) is 1. The van der Waals surface area contributed by atoms with E-state index < -0.39 is 11.8 Å². The van der Waals surface area contributed by atoms with Gasteiger partial charge < -0.3 is 14.6 Å². The summed E-state index contributed by atoms with van der Waals surface area (Å²) in [6.45, 7) is 6.01. The van der Waals surface area contributed by atoms with Gasteiger partial charge in [-0.15, -0.1) is 0 Å². The molecular weight excluding hydrogens is 384 g/mol. The van der Waals surface area contributed by atoms with Crippen LogP contribution in [0.3, 0.4) is 0 Å². The number of carbonyl (C=O) groups excluding carboxylic acids is 2. The van der Waals surface area contributed by atoms with Crippen molar-refractivity contribution in [1.29, 1.82) is 0 Å². The summed E-state index contributed by atoms with van der Waals surface area (Å²) in [6.07, 6.45) is 0.104. The van der Waals surface area contributed by atoms with Crippen molar-refractivity contribution in [2.24, 2.45) is 0 Å². The molecule has 2 heterocycles. The summed E-state index contributed by atoms with van der Waals surface area (Å²) in [6, 6.07) is 4.70. The van der Waals surface area contributed by atoms with Crippen LogP contribution in [0.25, 0.3) is 11.1 Å². The summed E-state index contributed by atoms with van der Waals surface area (Å²) in [4.78, 5) is 41.1. The minimum Gasteiger partial charge on any atom is -0.408 e. The summed E-state index contributed by atoms with van der Waals surface area (Å²) < 4.78 is 6.62. The van der Waals surface area contributed by atoms with Crippen LogP contribution >= 0.6 is 11.6 Å². The van der Waals surface area contributed by atoms with E-state index in [0.717, 1.165) is 0 Å². The molecule has 0 aliphatic carbocycles. The molecular formula is C19H25ClN4O4. The molecule has 1 aliphatic rings. The molecule has 1 atom stereocenters. The number of oxazole rings is 1. The molecule has 1 aliphatic heterocycles. The van der Waals surface area contributed by atoms with E-state index in [2.05, 4.69) is 24.1 Å². The number of rotatable bonds is 5. The molecule has 0 radical (unpaired) electrons. The molecule has 1 aromatic heterocycles. The van der Waals surface area contributed by atoms with E-state index in [1.807, 2.05) is 0 Å². The van der Waals surface area contributed by atoms with E-state index in [-0.39, 0.29) is 24.8 Å². The number of aromatic nitrogens is 1. The van der Waals surface area contributed by atoms with Crippen LogP contribution in [0.5, 0.6) is 0 Å². The van der Waals surface area contributed by atoms with Crippen molar-refractivity contribution in [2.45, 2.75) is 38.9 Å². The largest absolute Gasteiger partial charge is 0.419 e. The number of nitrogens with zero attached hydrogens (tertiary/aromatic N) is 3. The fraction of sp³-hybridized carbons (Fsp3) is 0.526. The van der Waals surface area contributed by atoms with Gasteiger partial charge in [-0.1, -0.05) is 11.6 Å². The third kappa shape index (κ3) is 4.07. The number of fused-ring (bicyclic) bond motifs is 1. The van der Waals surface area contributed by atoms with Gasteiger partial charge in [-0.2, -0.15) is 0 Å². The van der Waals surface area contributed by atoms with Crippen LogP contribution in [0.4, 0.5) is 0 Å². The molecule has 28 heavy (non-hydrogen) atoms. The number of carbonyl (C=O) groups is 2. The van der Waals surface area contributed by atoms with Gasteiger partial charge in [0.25, 0.3) is 0 Å². The predicted octanol–water partition coefficient (Wildman–Crippen LogP) is 1.31. The molecule has 1 saturated heterocycles. The zero-order valence-corrected chi connectivity index (χ0v) is 17.0. The van der Waals surface area contributed by atoms with Crippen LogP contribution < -0.4 is 11.1 Å². The highest BCUT2D eigenvalue weighted by atomic mass is 35.5. The number of aryl methyl sites for hydroxylation is 1. The van der Waals surface area contributed by atoms with Gasteiger partial charge in [-0.05, 0) is 26.0 Å². The minimum absolute atomic E-state index is 0.104. The van der Waals surface area contributed by atoms with Crippen molar-refractivity contribution >= 4 is 34.5 Å². The highest BCUT2D eigenvalue weighted by Crippen LogP contribution is 2.19. The maximum atomic E-state index is 12.9. The Balaban J connectivity index is 1.74. The lowest BCUT2D eigenvalue weighted by Gasteiger charge is -2.42. The van der Waals surface area contributed by atoms with Gasteiger partial charge >= 0.3 is 5.76 Å². The van der Waals surface area contributed by atoms with Crippen molar-refractivity contribution in [3.63, 3.8) is 0 Å². The van der Waals surface area contributed by atoms with Crippen molar-refractivity contribution in [2.75, 3.05) is 26.7 Å². The Labute approximate surface area is 168 Å². The average Bonchev–Trinajstić information content (AvgIpc) is 2.98. The molecule has 152 valence electrons. The van der Waals surface area contributed by atoms with Crippen LogP contribution in [0.15, 0.2) is 27.4 Å². The molecule has 0 spiro atoms. The second-order valence-corrected chi connectivity index (χ2v) is 7.62. The Hall–Kier alpha value is -2.32. The second kappa shape index (κ2) is 8.36. The first-order valence-electron chi connectivity index (χ1n) is 9.35.